The van der Waals surface area contributed by atoms with Gasteiger partial charge in [0.15, 0.2) is 0 Å². The van der Waals surface area contributed by atoms with Crippen LogP contribution in [0.2, 0.25) is 0 Å². The molecule has 1 aliphatic carbocycles. The molecular weight excluding hydrogens is 429 g/mol. The zero-order chi connectivity index (χ0) is 23.8. The molecule has 3 N–H and O–H groups in total. The molecule has 3 rings (SSSR count). The molecule has 0 amide bonds. The van der Waals surface area contributed by atoms with Crippen LogP contribution in [0.4, 0.5) is 18.9 Å². The number of hydrogen-bond donors (Lipinski definition) is 3. The lowest BCUT2D eigenvalue weighted by molar-refractivity contribution is -0.137. The van der Waals surface area contributed by atoms with Gasteiger partial charge in [-0.15, -0.1) is 0 Å². The third-order valence-corrected chi connectivity index (χ3v) is 6.91. The average molecular weight is 467 g/mol. The minimum Gasteiger partial charge on any atom is -0.394 e. The molecular formula is C26H37F3N2O2. The van der Waals surface area contributed by atoms with Crippen molar-refractivity contribution in [1.29, 1.82) is 0 Å². The standard InChI is InChI=1S/C26H37F3N2O2/c1-18(17-30-12-14-33-15-13-32)8-10-22-19(2)23-16-21(26(27,28)29)9-11-24(23)31-25(22)20-6-4-3-5-7-20/h3-6,9,11,16,18-20,22,25,30-32H,7-8,10,12-15,17H2,1-2H3/t18-,19+,20?,22-,25+/m1/s1. The second-order valence-electron chi connectivity index (χ2n) is 9.36. The Hall–Kier alpha value is -1.83. The van der Waals surface area contributed by atoms with Crippen molar-refractivity contribution in [2.24, 2.45) is 17.8 Å². The van der Waals surface area contributed by atoms with Gasteiger partial charge >= 0.3 is 6.18 Å². The van der Waals surface area contributed by atoms with E-state index in [4.69, 9.17) is 9.84 Å². The summed E-state index contributed by atoms with van der Waals surface area (Å²) >= 11 is 0. The number of fused-ring (bicyclic) bond motifs is 1. The van der Waals surface area contributed by atoms with Crippen molar-refractivity contribution in [3.63, 3.8) is 0 Å². The van der Waals surface area contributed by atoms with Gasteiger partial charge in [0, 0.05) is 24.2 Å². The maximum absolute atomic E-state index is 13.4. The Labute approximate surface area is 195 Å². The largest absolute Gasteiger partial charge is 0.416 e. The van der Waals surface area contributed by atoms with Gasteiger partial charge in [0.25, 0.3) is 0 Å². The molecule has 0 radical (unpaired) electrons. The zero-order valence-electron chi connectivity index (χ0n) is 19.6. The Morgan fingerprint density at radius 1 is 1.24 bits per heavy atom. The van der Waals surface area contributed by atoms with Crippen molar-refractivity contribution < 1.29 is 23.0 Å². The number of aliphatic hydroxyl groups excluding tert-OH is 1. The summed E-state index contributed by atoms with van der Waals surface area (Å²) in [5.74, 6) is 1.06. The van der Waals surface area contributed by atoms with Crippen LogP contribution in [0.15, 0.2) is 42.5 Å². The molecule has 1 aromatic carbocycles. The Kier molecular flexibility index (Phi) is 9.41. The molecule has 0 spiro atoms. The van der Waals surface area contributed by atoms with E-state index in [-0.39, 0.29) is 24.5 Å². The smallest absolute Gasteiger partial charge is 0.394 e. The lowest BCUT2D eigenvalue weighted by atomic mass is 9.70. The molecule has 33 heavy (non-hydrogen) atoms. The number of aliphatic hydroxyl groups is 1. The number of rotatable bonds is 11. The Balaban J connectivity index is 1.67. The SMILES string of the molecule is C[C@H](CC[C@@H]1[C@H](C)c2cc(C(F)(F)F)ccc2N[C@H]1C1C=CC=CC1)CNCCOCCO. The molecule has 5 atom stereocenters. The van der Waals surface area contributed by atoms with Gasteiger partial charge in [0.2, 0.25) is 0 Å². The predicted molar refractivity (Wildman–Crippen MR) is 126 cm³/mol. The number of anilines is 1. The minimum atomic E-state index is -4.33. The van der Waals surface area contributed by atoms with Crippen LogP contribution in [0.25, 0.3) is 0 Å². The molecule has 0 fully saturated rings. The molecule has 1 heterocycles. The summed E-state index contributed by atoms with van der Waals surface area (Å²) in [6.45, 7) is 6.85. The highest BCUT2D eigenvalue weighted by Crippen LogP contribution is 2.45. The predicted octanol–water partition coefficient (Wildman–Crippen LogP) is 5.37. The van der Waals surface area contributed by atoms with Crippen molar-refractivity contribution in [2.75, 3.05) is 38.2 Å². The van der Waals surface area contributed by atoms with E-state index in [9.17, 15) is 13.2 Å². The Bertz CT molecular complexity index is 809. The second kappa shape index (κ2) is 12.0. The summed E-state index contributed by atoms with van der Waals surface area (Å²) in [6, 6.07) is 4.32. The van der Waals surface area contributed by atoms with Gasteiger partial charge in [-0.25, -0.2) is 0 Å². The second-order valence-corrected chi connectivity index (χ2v) is 9.36. The fourth-order valence-electron chi connectivity index (χ4n) is 5.03. The summed E-state index contributed by atoms with van der Waals surface area (Å²) in [6.07, 6.45) is 7.08. The molecule has 4 nitrogen and oxygen atoms in total. The molecule has 2 aliphatic rings. The van der Waals surface area contributed by atoms with Gasteiger partial charge in [0.05, 0.1) is 25.4 Å². The van der Waals surface area contributed by atoms with Gasteiger partial charge in [-0.3, -0.25) is 0 Å². The lowest BCUT2D eigenvalue weighted by Gasteiger charge is -2.43. The van der Waals surface area contributed by atoms with E-state index in [2.05, 4.69) is 48.8 Å². The van der Waals surface area contributed by atoms with E-state index in [1.807, 2.05) is 0 Å². The fraction of sp³-hybridized carbons (Fsp3) is 0.615. The summed E-state index contributed by atoms with van der Waals surface area (Å²) in [5, 5.41) is 15.7. The molecule has 184 valence electrons. The van der Waals surface area contributed by atoms with Crippen molar-refractivity contribution in [1.82, 2.24) is 5.32 Å². The molecule has 0 bridgehead atoms. The van der Waals surface area contributed by atoms with Crippen LogP contribution >= 0.6 is 0 Å². The van der Waals surface area contributed by atoms with E-state index in [1.165, 1.54) is 12.1 Å². The van der Waals surface area contributed by atoms with Crippen LogP contribution in [0.3, 0.4) is 0 Å². The fourth-order valence-corrected chi connectivity index (χ4v) is 5.03. The van der Waals surface area contributed by atoms with Crippen LogP contribution in [-0.4, -0.2) is 44.1 Å². The number of hydrogen-bond acceptors (Lipinski definition) is 4. The third-order valence-electron chi connectivity index (χ3n) is 6.91. The van der Waals surface area contributed by atoms with Gasteiger partial charge in [0.1, 0.15) is 0 Å². The summed E-state index contributed by atoms with van der Waals surface area (Å²) in [5.41, 5.74) is 1.03. The summed E-state index contributed by atoms with van der Waals surface area (Å²) in [7, 11) is 0. The third kappa shape index (κ3) is 7.08. The first-order valence-corrected chi connectivity index (χ1v) is 12.0. The van der Waals surface area contributed by atoms with Crippen molar-refractivity contribution in [3.05, 3.63) is 53.6 Å². The first-order valence-electron chi connectivity index (χ1n) is 12.0. The zero-order valence-corrected chi connectivity index (χ0v) is 19.6. The highest BCUT2D eigenvalue weighted by Gasteiger charge is 2.39. The normalized spacial score (nSPS) is 25.5. The van der Waals surface area contributed by atoms with Gasteiger partial charge in [-0.05, 0) is 67.3 Å². The van der Waals surface area contributed by atoms with Crippen molar-refractivity contribution in [2.45, 2.75) is 51.2 Å². The quantitative estimate of drug-likeness (QED) is 0.384. The van der Waals surface area contributed by atoms with E-state index in [0.29, 0.717) is 25.0 Å². The van der Waals surface area contributed by atoms with Crippen molar-refractivity contribution >= 4 is 5.69 Å². The Morgan fingerprint density at radius 3 is 2.76 bits per heavy atom. The number of allylic oxidation sites excluding steroid dienone is 3. The van der Waals surface area contributed by atoms with Crippen LogP contribution in [0.1, 0.15) is 50.2 Å². The number of ether oxygens (including phenoxy) is 1. The van der Waals surface area contributed by atoms with E-state index < -0.39 is 11.7 Å². The summed E-state index contributed by atoms with van der Waals surface area (Å²) in [4.78, 5) is 0. The molecule has 1 unspecified atom stereocenters. The minimum absolute atomic E-state index is 0.0325. The molecule has 1 aromatic rings. The maximum Gasteiger partial charge on any atom is 0.416 e. The molecule has 7 heteroatoms. The van der Waals surface area contributed by atoms with E-state index in [0.717, 1.165) is 43.6 Å². The highest BCUT2D eigenvalue weighted by molar-refractivity contribution is 5.58. The van der Waals surface area contributed by atoms with Crippen molar-refractivity contribution in [3.8, 4) is 0 Å². The lowest BCUT2D eigenvalue weighted by Crippen LogP contribution is -2.42. The van der Waals surface area contributed by atoms with Gasteiger partial charge in [-0.2, -0.15) is 13.2 Å². The average Bonchev–Trinajstić information content (AvgIpc) is 2.80. The molecule has 0 aromatic heterocycles. The van der Waals surface area contributed by atoms with Gasteiger partial charge in [-0.1, -0.05) is 38.2 Å². The van der Waals surface area contributed by atoms with Gasteiger partial charge < -0.3 is 20.5 Å². The van der Waals surface area contributed by atoms with Crippen LogP contribution in [-0.2, 0) is 10.9 Å². The topological polar surface area (TPSA) is 53.5 Å². The molecule has 0 saturated carbocycles. The first-order chi connectivity index (χ1) is 15.8. The maximum atomic E-state index is 13.4. The number of halogens is 3. The summed E-state index contributed by atoms with van der Waals surface area (Å²) < 4.78 is 45.3. The van der Waals surface area contributed by atoms with E-state index in [1.54, 1.807) is 6.07 Å². The van der Waals surface area contributed by atoms with Crippen LogP contribution in [0.5, 0.6) is 0 Å². The van der Waals surface area contributed by atoms with E-state index >= 15 is 0 Å². The molecule has 1 aliphatic heterocycles. The first kappa shape index (κ1) is 25.8. The highest BCUT2D eigenvalue weighted by atomic mass is 19.4. The number of benzene rings is 1. The number of nitrogens with one attached hydrogen (secondary N) is 2. The van der Waals surface area contributed by atoms with Crippen LogP contribution < -0.4 is 10.6 Å². The molecule has 0 saturated heterocycles. The monoisotopic (exact) mass is 466 g/mol. The Morgan fingerprint density at radius 2 is 2.06 bits per heavy atom. The van der Waals surface area contributed by atoms with Crippen LogP contribution in [0, 0.1) is 17.8 Å². The number of alkyl halides is 3.